The molecule has 2 aromatic heterocycles. The smallest absolute Gasteiger partial charge is 0.339 e. The molecular formula is C17H23F3N6O. The minimum atomic E-state index is -4.50. The van der Waals surface area contributed by atoms with Gasteiger partial charge in [0.25, 0.3) is 0 Å². The van der Waals surface area contributed by atoms with Crippen LogP contribution in [0, 0.1) is 6.92 Å². The van der Waals surface area contributed by atoms with Gasteiger partial charge in [0.1, 0.15) is 6.54 Å². The van der Waals surface area contributed by atoms with E-state index in [1.165, 1.54) is 11.8 Å². The molecule has 0 unspecified atom stereocenters. The van der Waals surface area contributed by atoms with Crippen LogP contribution < -0.4 is 0 Å². The molecule has 0 aliphatic carbocycles. The van der Waals surface area contributed by atoms with Crippen molar-refractivity contribution in [3.8, 4) is 0 Å². The van der Waals surface area contributed by atoms with Crippen molar-refractivity contribution in [2.45, 2.75) is 39.7 Å². The summed E-state index contributed by atoms with van der Waals surface area (Å²) >= 11 is 0. The van der Waals surface area contributed by atoms with Crippen LogP contribution in [0.25, 0.3) is 0 Å². The first kappa shape index (κ1) is 19.4. The second-order valence-electron chi connectivity index (χ2n) is 6.65. The Hall–Kier alpha value is -2.36. The van der Waals surface area contributed by atoms with Gasteiger partial charge in [0.05, 0.1) is 5.69 Å². The molecule has 0 atom stereocenters. The Balaban J connectivity index is 1.50. The number of alkyl halides is 3. The molecular weight excluding hydrogens is 361 g/mol. The number of hydrogen-bond acceptors (Lipinski definition) is 4. The first-order valence-electron chi connectivity index (χ1n) is 8.90. The van der Waals surface area contributed by atoms with E-state index in [4.69, 9.17) is 0 Å². The third kappa shape index (κ3) is 4.68. The number of piperazine rings is 1. The minimum absolute atomic E-state index is 0.182. The van der Waals surface area contributed by atoms with Crippen molar-refractivity contribution in [2.24, 2.45) is 0 Å². The highest BCUT2D eigenvalue weighted by atomic mass is 19.4. The standard InChI is InChI=1S/C17H23F3N6O/c1-3-25-11-14(13(2)21-25)10-23-6-8-24(9-7-23)16(27)12-26-5-4-15(22-26)17(18,19)20/h4-5,11H,3,6-10,12H2,1-2H3. The van der Waals surface area contributed by atoms with Crippen molar-refractivity contribution in [3.05, 3.63) is 35.4 Å². The third-order valence-electron chi connectivity index (χ3n) is 4.72. The highest BCUT2D eigenvalue weighted by molar-refractivity contribution is 5.76. The monoisotopic (exact) mass is 384 g/mol. The van der Waals surface area contributed by atoms with E-state index in [9.17, 15) is 18.0 Å². The number of amides is 1. The van der Waals surface area contributed by atoms with E-state index in [0.29, 0.717) is 13.1 Å². The Morgan fingerprint density at radius 3 is 2.41 bits per heavy atom. The zero-order valence-corrected chi connectivity index (χ0v) is 15.4. The highest BCUT2D eigenvalue weighted by Gasteiger charge is 2.33. The summed E-state index contributed by atoms with van der Waals surface area (Å²) in [4.78, 5) is 16.3. The van der Waals surface area contributed by atoms with Gasteiger partial charge in [0.2, 0.25) is 5.91 Å². The molecule has 2 aromatic rings. The lowest BCUT2D eigenvalue weighted by molar-refractivity contribution is -0.142. The maximum absolute atomic E-state index is 12.6. The number of aryl methyl sites for hydroxylation is 2. The Kier molecular flexibility index (Phi) is 5.54. The zero-order valence-electron chi connectivity index (χ0n) is 15.4. The number of halogens is 3. The molecule has 1 saturated heterocycles. The average Bonchev–Trinajstić information content (AvgIpc) is 3.22. The molecule has 0 bridgehead atoms. The molecule has 10 heteroatoms. The van der Waals surface area contributed by atoms with Gasteiger partial charge in [-0.1, -0.05) is 0 Å². The summed E-state index contributed by atoms with van der Waals surface area (Å²) in [5.41, 5.74) is 1.20. The topological polar surface area (TPSA) is 59.2 Å². The number of nitrogens with zero attached hydrogens (tertiary/aromatic N) is 6. The average molecular weight is 384 g/mol. The van der Waals surface area contributed by atoms with Gasteiger partial charge >= 0.3 is 6.18 Å². The van der Waals surface area contributed by atoms with Crippen LogP contribution in [0.4, 0.5) is 13.2 Å². The number of carbonyl (C=O) groups is 1. The van der Waals surface area contributed by atoms with E-state index in [2.05, 4.69) is 15.1 Å². The van der Waals surface area contributed by atoms with Crippen molar-refractivity contribution in [2.75, 3.05) is 26.2 Å². The summed E-state index contributed by atoms with van der Waals surface area (Å²) in [7, 11) is 0. The van der Waals surface area contributed by atoms with Crippen molar-refractivity contribution in [1.82, 2.24) is 29.4 Å². The van der Waals surface area contributed by atoms with E-state index in [1.54, 1.807) is 4.90 Å². The maximum Gasteiger partial charge on any atom is 0.435 e. The van der Waals surface area contributed by atoms with E-state index < -0.39 is 11.9 Å². The van der Waals surface area contributed by atoms with Crippen LogP contribution in [-0.4, -0.2) is 61.4 Å². The summed E-state index contributed by atoms with van der Waals surface area (Å²) in [6, 6.07) is 0.879. The van der Waals surface area contributed by atoms with Crippen LogP contribution in [0.15, 0.2) is 18.5 Å². The van der Waals surface area contributed by atoms with Crippen molar-refractivity contribution in [3.63, 3.8) is 0 Å². The Labute approximate surface area is 155 Å². The van der Waals surface area contributed by atoms with E-state index in [-0.39, 0.29) is 12.5 Å². The third-order valence-corrected chi connectivity index (χ3v) is 4.72. The van der Waals surface area contributed by atoms with Crippen molar-refractivity contribution < 1.29 is 18.0 Å². The van der Waals surface area contributed by atoms with Gasteiger partial charge in [-0.05, 0) is 19.9 Å². The minimum Gasteiger partial charge on any atom is -0.339 e. The van der Waals surface area contributed by atoms with Crippen LogP contribution in [0.3, 0.4) is 0 Å². The lowest BCUT2D eigenvalue weighted by Gasteiger charge is -2.34. The molecule has 148 valence electrons. The summed E-state index contributed by atoms with van der Waals surface area (Å²) in [5, 5.41) is 7.87. The molecule has 0 aromatic carbocycles. The molecule has 3 heterocycles. The molecule has 1 amide bonds. The fourth-order valence-electron chi connectivity index (χ4n) is 3.11. The molecule has 27 heavy (non-hydrogen) atoms. The predicted molar refractivity (Wildman–Crippen MR) is 91.7 cm³/mol. The Morgan fingerprint density at radius 2 is 1.85 bits per heavy atom. The fourth-order valence-corrected chi connectivity index (χ4v) is 3.11. The first-order chi connectivity index (χ1) is 12.8. The van der Waals surface area contributed by atoms with Gasteiger partial charge in [-0.25, -0.2) is 0 Å². The van der Waals surface area contributed by atoms with Gasteiger partial charge in [-0.3, -0.25) is 19.1 Å². The van der Waals surface area contributed by atoms with Crippen LogP contribution in [-0.2, 0) is 30.6 Å². The van der Waals surface area contributed by atoms with Gasteiger partial charge < -0.3 is 4.90 Å². The molecule has 3 rings (SSSR count). The summed E-state index contributed by atoms with van der Waals surface area (Å²) in [6.45, 7) is 7.98. The van der Waals surface area contributed by atoms with Gasteiger partial charge in [-0.15, -0.1) is 0 Å². The molecule has 0 saturated carbocycles. The zero-order chi connectivity index (χ0) is 19.6. The number of aromatic nitrogens is 4. The van der Waals surface area contributed by atoms with Crippen LogP contribution >= 0.6 is 0 Å². The van der Waals surface area contributed by atoms with Crippen molar-refractivity contribution >= 4 is 5.91 Å². The first-order valence-corrected chi connectivity index (χ1v) is 8.90. The van der Waals surface area contributed by atoms with Gasteiger partial charge in [0.15, 0.2) is 5.69 Å². The number of rotatable bonds is 5. The summed E-state index contributed by atoms with van der Waals surface area (Å²) in [6.07, 6.45) is -1.27. The molecule has 0 radical (unpaired) electrons. The van der Waals surface area contributed by atoms with Crippen LogP contribution in [0.2, 0.25) is 0 Å². The van der Waals surface area contributed by atoms with Crippen LogP contribution in [0.5, 0.6) is 0 Å². The summed E-state index contributed by atoms with van der Waals surface area (Å²) < 4.78 is 40.7. The fraction of sp³-hybridized carbons (Fsp3) is 0.588. The SMILES string of the molecule is CCn1cc(CN2CCN(C(=O)Cn3ccc(C(F)(F)F)n3)CC2)c(C)n1. The molecule has 1 fully saturated rings. The maximum atomic E-state index is 12.6. The summed E-state index contributed by atoms with van der Waals surface area (Å²) in [5.74, 6) is -0.221. The lowest BCUT2D eigenvalue weighted by atomic mass is 10.2. The van der Waals surface area contributed by atoms with Gasteiger partial charge in [0, 0.05) is 57.2 Å². The predicted octanol–water partition coefficient (Wildman–Crippen LogP) is 1.77. The molecule has 1 aliphatic heterocycles. The normalized spacial score (nSPS) is 16.1. The molecule has 1 aliphatic rings. The van der Waals surface area contributed by atoms with E-state index >= 15 is 0 Å². The van der Waals surface area contributed by atoms with Gasteiger partial charge in [-0.2, -0.15) is 23.4 Å². The Morgan fingerprint density at radius 1 is 1.15 bits per heavy atom. The van der Waals surface area contributed by atoms with E-state index in [1.807, 2.05) is 24.7 Å². The number of hydrogen-bond donors (Lipinski definition) is 0. The number of carbonyl (C=O) groups excluding carboxylic acids is 1. The molecule has 0 N–H and O–H groups in total. The molecule has 0 spiro atoms. The second-order valence-corrected chi connectivity index (χ2v) is 6.65. The largest absolute Gasteiger partial charge is 0.435 e. The Bertz CT molecular complexity index is 789. The lowest BCUT2D eigenvalue weighted by Crippen LogP contribution is -2.49. The quantitative estimate of drug-likeness (QED) is 0.789. The highest BCUT2D eigenvalue weighted by Crippen LogP contribution is 2.27. The second kappa shape index (κ2) is 7.71. The van der Waals surface area contributed by atoms with Crippen molar-refractivity contribution in [1.29, 1.82) is 0 Å². The molecule has 7 nitrogen and oxygen atoms in total. The van der Waals surface area contributed by atoms with Crippen LogP contribution in [0.1, 0.15) is 23.9 Å². The van der Waals surface area contributed by atoms with E-state index in [0.717, 1.165) is 42.6 Å².